The second kappa shape index (κ2) is 5.46. The quantitative estimate of drug-likeness (QED) is 0.771. The van der Waals surface area contributed by atoms with E-state index in [0.717, 1.165) is 5.69 Å². The Balaban J connectivity index is 1.78. The van der Waals surface area contributed by atoms with E-state index < -0.39 is 5.76 Å². The van der Waals surface area contributed by atoms with Crippen LogP contribution in [0.3, 0.4) is 0 Å². The van der Waals surface area contributed by atoms with Gasteiger partial charge in [0.25, 0.3) is 5.91 Å². The summed E-state index contributed by atoms with van der Waals surface area (Å²) in [5.41, 5.74) is 1.90. The molecule has 0 unspecified atom stereocenters. The summed E-state index contributed by atoms with van der Waals surface area (Å²) in [6.45, 7) is 0. The van der Waals surface area contributed by atoms with Crippen LogP contribution < -0.4 is 11.1 Å². The number of aromatic nitrogens is 2. The molecule has 0 spiro atoms. The van der Waals surface area contributed by atoms with E-state index in [0.29, 0.717) is 17.0 Å². The number of nitrogens with zero attached hydrogens (tertiary/aromatic N) is 1. The average molecular weight is 281 g/mol. The SMILES string of the molecule is O=C(Nc1ccccc1)c1ccc(-c2noc(=O)[nH]2)cc1. The zero-order chi connectivity index (χ0) is 14.7. The van der Waals surface area contributed by atoms with E-state index in [9.17, 15) is 9.59 Å². The molecule has 1 aromatic heterocycles. The summed E-state index contributed by atoms with van der Waals surface area (Å²) in [6, 6.07) is 15.9. The number of benzene rings is 2. The molecule has 0 saturated carbocycles. The molecule has 2 N–H and O–H groups in total. The molecule has 3 rings (SSSR count). The monoisotopic (exact) mass is 281 g/mol. The number of H-pyrrole nitrogens is 1. The van der Waals surface area contributed by atoms with E-state index in [2.05, 4.69) is 20.0 Å². The molecule has 2 aromatic carbocycles. The molecule has 0 aliphatic rings. The lowest BCUT2D eigenvalue weighted by Crippen LogP contribution is -2.11. The summed E-state index contributed by atoms with van der Waals surface area (Å²) < 4.78 is 4.44. The van der Waals surface area contributed by atoms with Crippen LogP contribution in [0.5, 0.6) is 0 Å². The minimum absolute atomic E-state index is 0.207. The van der Waals surface area contributed by atoms with Gasteiger partial charge in [0.15, 0.2) is 5.82 Å². The van der Waals surface area contributed by atoms with E-state index in [1.807, 2.05) is 30.3 Å². The third-order valence-electron chi connectivity index (χ3n) is 2.89. The molecule has 0 atom stereocenters. The van der Waals surface area contributed by atoms with Gasteiger partial charge in [-0.2, -0.15) is 0 Å². The highest BCUT2D eigenvalue weighted by Crippen LogP contribution is 2.15. The van der Waals surface area contributed by atoms with Gasteiger partial charge in [0.05, 0.1) is 0 Å². The molecule has 1 amide bonds. The van der Waals surface area contributed by atoms with E-state index in [-0.39, 0.29) is 5.91 Å². The first-order valence-electron chi connectivity index (χ1n) is 6.25. The Labute approximate surface area is 119 Å². The molecule has 0 fully saturated rings. The number of anilines is 1. The van der Waals surface area contributed by atoms with Crippen LogP contribution in [0.15, 0.2) is 63.9 Å². The second-order valence-electron chi connectivity index (χ2n) is 4.34. The molecule has 0 radical (unpaired) electrons. The van der Waals surface area contributed by atoms with Gasteiger partial charge in [-0.25, -0.2) is 4.79 Å². The molecule has 21 heavy (non-hydrogen) atoms. The van der Waals surface area contributed by atoms with Crippen molar-refractivity contribution >= 4 is 11.6 Å². The molecule has 6 heteroatoms. The lowest BCUT2D eigenvalue weighted by Gasteiger charge is -2.05. The molecule has 0 bridgehead atoms. The summed E-state index contributed by atoms with van der Waals surface area (Å²) in [6.07, 6.45) is 0. The van der Waals surface area contributed by atoms with Crippen molar-refractivity contribution in [1.82, 2.24) is 10.1 Å². The third-order valence-corrected chi connectivity index (χ3v) is 2.89. The van der Waals surface area contributed by atoms with Gasteiger partial charge in [0, 0.05) is 16.8 Å². The van der Waals surface area contributed by atoms with Gasteiger partial charge < -0.3 is 5.32 Å². The van der Waals surface area contributed by atoms with Crippen molar-refractivity contribution in [1.29, 1.82) is 0 Å². The number of aromatic amines is 1. The summed E-state index contributed by atoms with van der Waals surface area (Å²) in [4.78, 5) is 25.4. The van der Waals surface area contributed by atoms with Gasteiger partial charge in [-0.1, -0.05) is 35.5 Å². The maximum atomic E-state index is 12.1. The Bertz CT molecular complexity index is 804. The predicted octanol–water partition coefficient (Wildman–Crippen LogP) is 2.28. The molecule has 0 saturated heterocycles. The maximum absolute atomic E-state index is 12.1. The van der Waals surface area contributed by atoms with E-state index in [4.69, 9.17) is 0 Å². The van der Waals surface area contributed by atoms with Gasteiger partial charge in [0.2, 0.25) is 0 Å². The number of nitrogens with one attached hydrogen (secondary N) is 2. The van der Waals surface area contributed by atoms with Crippen molar-refractivity contribution in [2.75, 3.05) is 5.32 Å². The number of rotatable bonds is 3. The Kier molecular flexibility index (Phi) is 3.34. The zero-order valence-corrected chi connectivity index (χ0v) is 10.9. The van der Waals surface area contributed by atoms with Gasteiger partial charge in [-0.05, 0) is 24.3 Å². The first-order chi connectivity index (χ1) is 10.2. The van der Waals surface area contributed by atoms with Crippen molar-refractivity contribution in [2.45, 2.75) is 0 Å². The summed E-state index contributed by atoms with van der Waals surface area (Å²) >= 11 is 0. The van der Waals surface area contributed by atoms with E-state index >= 15 is 0 Å². The van der Waals surface area contributed by atoms with Crippen molar-refractivity contribution in [3.63, 3.8) is 0 Å². The molecule has 1 heterocycles. The highest BCUT2D eigenvalue weighted by atomic mass is 16.5. The van der Waals surface area contributed by atoms with Crippen LogP contribution in [0.25, 0.3) is 11.4 Å². The van der Waals surface area contributed by atoms with Crippen LogP contribution >= 0.6 is 0 Å². The highest BCUT2D eigenvalue weighted by molar-refractivity contribution is 6.04. The maximum Gasteiger partial charge on any atom is 0.439 e. The van der Waals surface area contributed by atoms with Gasteiger partial charge >= 0.3 is 5.76 Å². The van der Waals surface area contributed by atoms with Crippen molar-refractivity contribution in [2.24, 2.45) is 0 Å². The Morgan fingerprint density at radius 3 is 2.38 bits per heavy atom. The topological polar surface area (TPSA) is 88.0 Å². The standard InChI is InChI=1S/C15H11N3O3/c19-14(16-12-4-2-1-3-5-12)11-8-6-10(7-9-11)13-17-15(20)21-18-13/h1-9H,(H,16,19)(H,17,18,20). The van der Waals surface area contributed by atoms with Gasteiger partial charge in [-0.3, -0.25) is 14.3 Å². The number of hydrogen-bond donors (Lipinski definition) is 2. The van der Waals surface area contributed by atoms with Crippen LogP contribution in [0, 0.1) is 0 Å². The molecular formula is C15H11N3O3. The summed E-state index contributed by atoms with van der Waals surface area (Å²) in [5.74, 6) is -0.493. The number of carbonyl (C=O) groups excluding carboxylic acids is 1. The second-order valence-corrected chi connectivity index (χ2v) is 4.34. The third kappa shape index (κ3) is 2.89. The number of amides is 1. The zero-order valence-electron chi connectivity index (χ0n) is 10.9. The normalized spacial score (nSPS) is 10.3. The Morgan fingerprint density at radius 2 is 1.76 bits per heavy atom. The molecule has 0 aliphatic carbocycles. The largest absolute Gasteiger partial charge is 0.439 e. The smallest absolute Gasteiger partial charge is 0.322 e. The van der Waals surface area contributed by atoms with Crippen molar-refractivity contribution < 1.29 is 9.32 Å². The average Bonchev–Trinajstić information content (AvgIpc) is 2.95. The number of hydrogen-bond acceptors (Lipinski definition) is 4. The number of para-hydroxylation sites is 1. The highest BCUT2D eigenvalue weighted by Gasteiger charge is 2.08. The minimum atomic E-state index is -0.615. The van der Waals surface area contributed by atoms with Crippen molar-refractivity contribution in [3.05, 3.63) is 70.7 Å². The van der Waals surface area contributed by atoms with Gasteiger partial charge in [0.1, 0.15) is 0 Å². The van der Waals surface area contributed by atoms with E-state index in [1.54, 1.807) is 24.3 Å². The van der Waals surface area contributed by atoms with Crippen LogP contribution in [-0.2, 0) is 0 Å². The first kappa shape index (κ1) is 12.9. The Hall–Kier alpha value is -3.15. The molecule has 0 aliphatic heterocycles. The van der Waals surface area contributed by atoms with E-state index in [1.165, 1.54) is 0 Å². The minimum Gasteiger partial charge on any atom is -0.322 e. The fourth-order valence-corrected chi connectivity index (χ4v) is 1.86. The predicted molar refractivity (Wildman–Crippen MR) is 77.0 cm³/mol. The number of carbonyl (C=O) groups is 1. The first-order valence-corrected chi connectivity index (χ1v) is 6.25. The lowest BCUT2D eigenvalue weighted by atomic mass is 10.1. The lowest BCUT2D eigenvalue weighted by molar-refractivity contribution is 0.102. The van der Waals surface area contributed by atoms with Crippen LogP contribution in [-0.4, -0.2) is 16.0 Å². The molecular weight excluding hydrogens is 270 g/mol. The Morgan fingerprint density at radius 1 is 1.05 bits per heavy atom. The molecule has 104 valence electrons. The fourth-order valence-electron chi connectivity index (χ4n) is 1.86. The molecule has 3 aromatic rings. The fraction of sp³-hybridized carbons (Fsp3) is 0. The van der Waals surface area contributed by atoms with Crippen molar-refractivity contribution in [3.8, 4) is 11.4 Å². The van der Waals surface area contributed by atoms with Crippen LogP contribution in [0.4, 0.5) is 5.69 Å². The van der Waals surface area contributed by atoms with Crippen LogP contribution in [0.2, 0.25) is 0 Å². The summed E-state index contributed by atoms with van der Waals surface area (Å²) in [7, 11) is 0. The van der Waals surface area contributed by atoms with Crippen LogP contribution in [0.1, 0.15) is 10.4 Å². The van der Waals surface area contributed by atoms with Gasteiger partial charge in [-0.15, -0.1) is 0 Å². The molecule has 6 nitrogen and oxygen atoms in total. The summed E-state index contributed by atoms with van der Waals surface area (Å²) in [5, 5.41) is 6.38.